The van der Waals surface area contributed by atoms with E-state index in [0.717, 1.165) is 10.1 Å². The molecule has 1 heterocycles. The van der Waals surface area contributed by atoms with E-state index in [2.05, 4.69) is 0 Å². The molecule has 0 atom stereocenters. The second kappa shape index (κ2) is 3.67. The Kier molecular flexibility index (Phi) is 2.52. The van der Waals surface area contributed by atoms with Gasteiger partial charge in [0.05, 0.1) is 15.6 Å². The quantitative estimate of drug-likeness (QED) is 0.850. The molecule has 0 bridgehead atoms. The van der Waals surface area contributed by atoms with Gasteiger partial charge in [-0.15, -0.1) is 11.3 Å². The van der Waals surface area contributed by atoms with E-state index >= 15 is 0 Å². The summed E-state index contributed by atoms with van der Waals surface area (Å²) in [5, 5.41) is 10.6. The van der Waals surface area contributed by atoms with Crippen molar-refractivity contribution in [2.24, 2.45) is 0 Å². The predicted octanol–water partition coefficient (Wildman–Crippen LogP) is 3.66. The van der Waals surface area contributed by atoms with Crippen LogP contribution in [0.4, 0.5) is 0 Å². The molecule has 4 heteroatoms. The Labute approximate surface area is 90.7 Å². The number of ether oxygens (including phenoxy) is 1. The van der Waals surface area contributed by atoms with E-state index < -0.39 is 0 Å². The highest BCUT2D eigenvalue weighted by Crippen LogP contribution is 2.38. The normalized spacial score (nSPS) is 10.7. The second-order valence-corrected chi connectivity index (χ2v) is 4.53. The molecule has 0 aliphatic heterocycles. The number of hydrogen-bond donors (Lipinski definition) is 1. The van der Waals surface area contributed by atoms with Crippen LogP contribution >= 0.6 is 22.9 Å². The minimum atomic E-state index is 0.225. The average Bonchev–Trinajstić information content (AvgIpc) is 2.47. The first kappa shape index (κ1) is 9.62. The molecule has 2 nitrogen and oxygen atoms in total. The molecule has 1 aromatic heterocycles. The zero-order chi connectivity index (χ0) is 10.1. The van der Waals surface area contributed by atoms with Crippen molar-refractivity contribution in [3.05, 3.63) is 22.5 Å². The Balaban J connectivity index is 2.59. The molecule has 0 unspecified atom stereocenters. The predicted molar refractivity (Wildman–Crippen MR) is 59.7 cm³/mol. The second-order valence-electron chi connectivity index (χ2n) is 2.84. The topological polar surface area (TPSA) is 29.5 Å². The van der Waals surface area contributed by atoms with Crippen molar-refractivity contribution in [3.63, 3.8) is 0 Å². The number of hydrogen-bond acceptors (Lipinski definition) is 3. The summed E-state index contributed by atoms with van der Waals surface area (Å²) in [6, 6.07) is 5.31. The lowest BCUT2D eigenvalue weighted by atomic mass is 10.2. The third-order valence-electron chi connectivity index (χ3n) is 1.85. The Morgan fingerprint density at radius 3 is 2.93 bits per heavy atom. The van der Waals surface area contributed by atoms with E-state index in [1.165, 1.54) is 11.3 Å². The van der Waals surface area contributed by atoms with Crippen molar-refractivity contribution in [2.45, 2.75) is 6.92 Å². The molecule has 0 saturated heterocycles. The van der Waals surface area contributed by atoms with Gasteiger partial charge in [0, 0.05) is 11.5 Å². The van der Waals surface area contributed by atoms with Gasteiger partial charge in [-0.25, -0.2) is 0 Å². The number of fused-ring (bicyclic) bond motifs is 1. The summed E-state index contributed by atoms with van der Waals surface area (Å²) in [6.45, 7) is 2.49. The van der Waals surface area contributed by atoms with Gasteiger partial charge in [-0.2, -0.15) is 0 Å². The Morgan fingerprint density at radius 2 is 2.21 bits per heavy atom. The van der Waals surface area contributed by atoms with Crippen LogP contribution in [0.25, 0.3) is 10.1 Å². The molecule has 2 aromatic rings. The summed E-state index contributed by atoms with van der Waals surface area (Å²) in [5.74, 6) is 0.898. The molecule has 1 N–H and O–H groups in total. The zero-order valence-electron chi connectivity index (χ0n) is 7.58. The van der Waals surface area contributed by atoms with Crippen LogP contribution in [0.3, 0.4) is 0 Å². The molecule has 74 valence electrons. The third kappa shape index (κ3) is 1.65. The number of rotatable bonds is 2. The Morgan fingerprint density at radius 1 is 1.43 bits per heavy atom. The van der Waals surface area contributed by atoms with Crippen molar-refractivity contribution in [2.75, 3.05) is 6.61 Å². The van der Waals surface area contributed by atoms with Crippen molar-refractivity contribution in [3.8, 4) is 11.5 Å². The summed E-state index contributed by atoms with van der Waals surface area (Å²) < 4.78 is 6.78. The highest BCUT2D eigenvalue weighted by molar-refractivity contribution is 7.23. The zero-order valence-corrected chi connectivity index (χ0v) is 9.15. The largest absolute Gasteiger partial charge is 0.506 e. The molecule has 0 aliphatic rings. The fourth-order valence-electron chi connectivity index (χ4n) is 1.33. The molecule has 0 fully saturated rings. The van der Waals surface area contributed by atoms with E-state index in [-0.39, 0.29) is 5.75 Å². The van der Waals surface area contributed by atoms with Gasteiger partial charge in [-0.3, -0.25) is 0 Å². The maximum atomic E-state index is 9.66. The highest BCUT2D eigenvalue weighted by Gasteiger charge is 2.07. The number of thiophene rings is 1. The Hall–Kier alpha value is -0.930. The van der Waals surface area contributed by atoms with Crippen LogP contribution in [0, 0.1) is 0 Å². The minimum Gasteiger partial charge on any atom is -0.506 e. The fourth-order valence-corrected chi connectivity index (χ4v) is 2.46. The van der Waals surface area contributed by atoms with Gasteiger partial charge in [-0.05, 0) is 19.1 Å². The summed E-state index contributed by atoms with van der Waals surface area (Å²) >= 11 is 7.22. The summed E-state index contributed by atoms with van der Waals surface area (Å²) in [6.07, 6.45) is 0. The van der Waals surface area contributed by atoms with Crippen LogP contribution in [-0.4, -0.2) is 11.7 Å². The number of aromatic hydroxyl groups is 1. The molecule has 0 amide bonds. The van der Waals surface area contributed by atoms with E-state index in [0.29, 0.717) is 16.7 Å². The van der Waals surface area contributed by atoms with Crippen LogP contribution in [0.1, 0.15) is 6.92 Å². The number of phenols is 1. The molecule has 14 heavy (non-hydrogen) atoms. The number of benzene rings is 1. The van der Waals surface area contributed by atoms with Crippen LogP contribution in [0.15, 0.2) is 18.2 Å². The van der Waals surface area contributed by atoms with Crippen molar-refractivity contribution in [1.29, 1.82) is 0 Å². The molecular weight excluding hydrogens is 220 g/mol. The van der Waals surface area contributed by atoms with E-state index in [4.69, 9.17) is 16.3 Å². The lowest BCUT2D eigenvalue weighted by Gasteiger charge is -2.03. The lowest BCUT2D eigenvalue weighted by Crippen LogP contribution is -1.90. The molecule has 2 rings (SSSR count). The Bertz CT molecular complexity index is 464. The van der Waals surface area contributed by atoms with Crippen molar-refractivity contribution >= 4 is 33.0 Å². The van der Waals surface area contributed by atoms with Gasteiger partial charge in [0.15, 0.2) is 0 Å². The first-order valence-electron chi connectivity index (χ1n) is 4.25. The van der Waals surface area contributed by atoms with E-state index in [1.54, 1.807) is 6.07 Å². The van der Waals surface area contributed by atoms with Crippen molar-refractivity contribution in [1.82, 2.24) is 0 Å². The standard InChI is InChI=1S/C10H9ClO2S/c1-2-13-7-3-6-4-9(11)14-10(6)8(12)5-7/h3-5,12H,2H2,1H3. The highest BCUT2D eigenvalue weighted by atomic mass is 35.5. The van der Waals surface area contributed by atoms with Gasteiger partial charge in [-0.1, -0.05) is 11.6 Å². The smallest absolute Gasteiger partial charge is 0.137 e. The van der Waals surface area contributed by atoms with E-state index in [1.807, 2.05) is 19.1 Å². The summed E-state index contributed by atoms with van der Waals surface area (Å²) in [7, 11) is 0. The first-order chi connectivity index (χ1) is 6.70. The van der Waals surface area contributed by atoms with Gasteiger partial charge < -0.3 is 9.84 Å². The van der Waals surface area contributed by atoms with Gasteiger partial charge in [0.2, 0.25) is 0 Å². The monoisotopic (exact) mass is 228 g/mol. The van der Waals surface area contributed by atoms with Crippen LogP contribution in [0.2, 0.25) is 4.34 Å². The van der Waals surface area contributed by atoms with Gasteiger partial charge in [0.1, 0.15) is 11.5 Å². The van der Waals surface area contributed by atoms with Crippen molar-refractivity contribution < 1.29 is 9.84 Å². The molecule has 0 spiro atoms. The minimum absolute atomic E-state index is 0.225. The molecule has 0 saturated carbocycles. The SMILES string of the molecule is CCOc1cc(O)c2sc(Cl)cc2c1. The van der Waals surface area contributed by atoms with Crippen LogP contribution < -0.4 is 4.74 Å². The number of phenolic OH excluding ortho intramolecular Hbond substituents is 1. The molecule has 0 aliphatic carbocycles. The molecular formula is C10H9ClO2S. The van der Waals surface area contributed by atoms with E-state index in [9.17, 15) is 5.11 Å². The first-order valence-corrected chi connectivity index (χ1v) is 5.45. The summed E-state index contributed by atoms with van der Waals surface area (Å²) in [5.41, 5.74) is 0. The maximum Gasteiger partial charge on any atom is 0.137 e. The maximum absolute atomic E-state index is 9.66. The third-order valence-corrected chi connectivity index (χ3v) is 3.15. The van der Waals surface area contributed by atoms with Gasteiger partial charge >= 0.3 is 0 Å². The van der Waals surface area contributed by atoms with Gasteiger partial charge in [0.25, 0.3) is 0 Å². The summed E-state index contributed by atoms with van der Waals surface area (Å²) in [4.78, 5) is 0. The molecule has 0 radical (unpaired) electrons. The average molecular weight is 229 g/mol. The molecule has 1 aromatic carbocycles. The lowest BCUT2D eigenvalue weighted by molar-refractivity contribution is 0.338. The van der Waals surface area contributed by atoms with Crippen LogP contribution in [-0.2, 0) is 0 Å². The number of halogens is 1. The van der Waals surface area contributed by atoms with Crippen LogP contribution in [0.5, 0.6) is 11.5 Å². The fraction of sp³-hybridized carbons (Fsp3) is 0.200.